The van der Waals surface area contributed by atoms with Gasteiger partial charge in [0, 0.05) is 12.8 Å². The van der Waals surface area contributed by atoms with Crippen LogP contribution in [0.3, 0.4) is 0 Å². The van der Waals surface area contributed by atoms with Gasteiger partial charge in [0.25, 0.3) is 6.47 Å². The molecule has 5 rings (SSSR count). The number of aliphatic hydroxyl groups excluding tert-OH is 1. The fraction of sp³-hybridized carbons (Fsp3) is 0.200. The summed E-state index contributed by atoms with van der Waals surface area (Å²) in [4.78, 5) is 54.5. The molecule has 0 unspecified atom stereocenters. The van der Waals surface area contributed by atoms with Crippen LogP contribution in [0.1, 0.15) is 36.1 Å². The van der Waals surface area contributed by atoms with Crippen LogP contribution in [0, 0.1) is 0 Å². The van der Waals surface area contributed by atoms with Gasteiger partial charge >= 0.3 is 41.5 Å². The molecule has 3 heterocycles. The Morgan fingerprint density at radius 1 is 0.897 bits per heavy atom. The monoisotopic (exact) mass is 1120 g/mol. The zero-order chi connectivity index (χ0) is 43.1. The quantitative estimate of drug-likeness (QED) is 0.0175. The van der Waals surface area contributed by atoms with Crippen molar-refractivity contribution < 1.29 is 73.5 Å². The number of nitrogens with zero attached hydrogens (tertiary/aromatic N) is 3. The second-order valence-corrected chi connectivity index (χ2v) is 16.8. The first-order valence-electron chi connectivity index (χ1n) is 15.7. The number of hydrogen-bond acceptors (Lipinski definition) is 13. The van der Waals surface area contributed by atoms with E-state index in [0.29, 0.717) is 43.1 Å². The first-order valence-corrected chi connectivity index (χ1v) is 21.6. The molecule has 0 aliphatic carbocycles. The van der Waals surface area contributed by atoms with Crippen LogP contribution in [0.5, 0.6) is 0 Å². The second kappa shape index (κ2) is 31.0. The largest absolute Gasteiger partial charge is 1.00 e. The molecular weight excluding hydrogens is 1090 g/mol. The van der Waals surface area contributed by atoms with Crippen molar-refractivity contribution >= 4 is 153 Å². The van der Waals surface area contributed by atoms with E-state index in [1.165, 1.54) is 22.7 Å². The van der Waals surface area contributed by atoms with Crippen molar-refractivity contribution in [3.05, 3.63) is 105 Å². The summed E-state index contributed by atoms with van der Waals surface area (Å²) in [6.45, 7) is 5.67. The third-order valence-corrected chi connectivity index (χ3v) is 10.8. The molecular formula is C35H32Br3Cl4N4NaO9S2. The molecule has 0 saturated heterocycles. The van der Waals surface area contributed by atoms with Crippen molar-refractivity contribution in [2.24, 2.45) is 10.7 Å². The minimum Gasteiger partial charge on any atom is -0.662 e. The Kier molecular flexibility index (Phi) is 30.0. The number of halogens is 7. The minimum absolute atomic E-state index is 0. The summed E-state index contributed by atoms with van der Waals surface area (Å²) in [5, 5.41) is 17.9. The summed E-state index contributed by atoms with van der Waals surface area (Å²) in [6, 6.07) is 18.1. The van der Waals surface area contributed by atoms with Gasteiger partial charge in [0.05, 0.1) is 61.6 Å². The summed E-state index contributed by atoms with van der Waals surface area (Å²) in [6.07, 6.45) is 1.59. The molecule has 0 fully saturated rings. The molecule has 0 amide bonds. The van der Waals surface area contributed by atoms with Crippen LogP contribution in [-0.2, 0) is 28.7 Å². The number of carbonyl (C=O) groups excluding carboxylic acids is 4. The van der Waals surface area contributed by atoms with E-state index in [-0.39, 0.29) is 66.9 Å². The predicted molar refractivity (Wildman–Crippen MR) is 235 cm³/mol. The van der Waals surface area contributed by atoms with Gasteiger partial charge in [-0.05, 0) is 101 Å². The van der Waals surface area contributed by atoms with Crippen LogP contribution < -0.4 is 40.5 Å². The first kappa shape index (κ1) is 56.1. The van der Waals surface area contributed by atoms with Gasteiger partial charge in [0.15, 0.2) is 11.5 Å². The van der Waals surface area contributed by atoms with Gasteiger partial charge in [-0.25, -0.2) is 19.6 Å². The van der Waals surface area contributed by atoms with Gasteiger partial charge < -0.3 is 30.5 Å². The van der Waals surface area contributed by atoms with E-state index in [2.05, 4.69) is 67.4 Å². The van der Waals surface area contributed by atoms with Crippen LogP contribution >= 0.6 is 117 Å². The molecule has 5 aromatic rings. The Morgan fingerprint density at radius 2 is 1.40 bits per heavy atom. The average Bonchev–Trinajstić information content (AvgIpc) is 3.94. The minimum atomic E-state index is -0.769. The maximum atomic E-state index is 12.1. The number of para-hydroxylation sites is 2. The van der Waals surface area contributed by atoms with E-state index < -0.39 is 17.7 Å². The predicted octanol–water partition coefficient (Wildman–Crippen LogP) is 6.65. The fourth-order valence-corrected chi connectivity index (χ4v) is 7.62. The Balaban J connectivity index is 0.000000832. The molecule has 0 aliphatic rings. The topological polar surface area (TPSA) is 195 Å². The summed E-state index contributed by atoms with van der Waals surface area (Å²) in [5.74, 6) is -0.832. The SMILES string of the molecule is CCO.CCOC(=O)C(=O)CBr.CCOC(=O)c1cn(-c2c(Cl)cccc2Cl)c(-c2ccc(Br)s2)n1.NC(=Nc1c(Cl)cccc1Cl)c1ccc(Br)s1.O=CO[O-].[Na+]. The maximum absolute atomic E-state index is 12.1. The van der Waals surface area contributed by atoms with E-state index in [9.17, 15) is 14.4 Å². The fourth-order valence-electron chi connectivity index (χ4n) is 3.67. The number of imidazole rings is 1. The average molecular weight is 1120 g/mol. The van der Waals surface area contributed by atoms with Crippen LogP contribution in [-0.4, -0.2) is 69.8 Å². The summed E-state index contributed by atoms with van der Waals surface area (Å²) in [7, 11) is 0. The number of nitrogens with two attached hydrogens (primary N) is 1. The first-order chi connectivity index (χ1) is 27.1. The number of ether oxygens (including phenoxy) is 2. The van der Waals surface area contributed by atoms with Crippen molar-refractivity contribution in [1.82, 2.24) is 9.55 Å². The second-order valence-electron chi connectivity index (χ2n) is 9.67. The number of carbonyl (C=O) groups is 4. The maximum Gasteiger partial charge on any atom is 1.00 e. The van der Waals surface area contributed by atoms with Crippen molar-refractivity contribution in [2.45, 2.75) is 20.8 Å². The standard InChI is InChI=1S/C16H11BrCl2N2O2S.C11H7BrCl2N2S.C5H7BrO3.C2H6O.CH2O3.Na/c1-2-23-16(22)11-8-21(14-9(18)4-3-5-10(14)19)15(20-11)12-6-7-13(17)24-12;12-9-5-4-8(17-9)11(15)16-10-6(13)2-1-3-7(10)14;1-2-9-5(8)4(7)3-6;1-2-3;2-1-4-3;/h3-8H,2H2,1H3;1-5H,(H2,15,16);2-3H2,1H3;3H,2H2,1H3;1,3H;/q;;;;;+1/p-1. The summed E-state index contributed by atoms with van der Waals surface area (Å²) in [5.41, 5.74) is 7.17. The molecule has 0 bridgehead atoms. The van der Waals surface area contributed by atoms with Crippen LogP contribution in [0.2, 0.25) is 20.1 Å². The van der Waals surface area contributed by atoms with E-state index in [1.807, 2.05) is 24.3 Å². The van der Waals surface area contributed by atoms with Crippen LogP contribution in [0.15, 0.2) is 79.4 Å². The molecule has 0 aliphatic heterocycles. The van der Waals surface area contributed by atoms with E-state index in [0.717, 1.165) is 17.3 Å². The number of ketones is 1. The summed E-state index contributed by atoms with van der Waals surface area (Å²) < 4.78 is 13.1. The van der Waals surface area contributed by atoms with Crippen molar-refractivity contribution in [1.29, 1.82) is 0 Å². The van der Waals surface area contributed by atoms with Gasteiger partial charge in [0.1, 0.15) is 11.5 Å². The van der Waals surface area contributed by atoms with Crippen molar-refractivity contribution in [3.63, 3.8) is 0 Å². The third-order valence-electron chi connectivity index (χ3n) is 5.82. The van der Waals surface area contributed by atoms with Gasteiger partial charge in [-0.15, -0.1) is 22.7 Å². The van der Waals surface area contributed by atoms with Gasteiger partial charge in [-0.1, -0.05) is 74.5 Å². The Bertz CT molecular complexity index is 2070. The molecule has 0 atom stereocenters. The summed E-state index contributed by atoms with van der Waals surface area (Å²) >= 11 is 37.3. The number of Topliss-reactive ketones (excluding diaryl/α,β-unsaturated/α-hetero) is 1. The molecule has 0 radical (unpaired) electrons. The van der Waals surface area contributed by atoms with E-state index in [4.69, 9.17) is 72.0 Å². The normalized spacial score (nSPS) is 9.97. The molecule has 308 valence electrons. The number of aromatic nitrogens is 2. The molecule has 23 heteroatoms. The molecule has 58 heavy (non-hydrogen) atoms. The van der Waals surface area contributed by atoms with Crippen LogP contribution in [0.4, 0.5) is 5.69 Å². The molecule has 0 saturated carbocycles. The molecule has 0 spiro atoms. The van der Waals surface area contributed by atoms with E-state index >= 15 is 0 Å². The smallest absolute Gasteiger partial charge is 0.662 e. The number of hydrogen-bond donors (Lipinski definition) is 2. The molecule has 2 aromatic carbocycles. The number of aliphatic hydroxyl groups is 1. The van der Waals surface area contributed by atoms with Gasteiger partial charge in [-0.2, -0.15) is 0 Å². The Morgan fingerprint density at radius 3 is 1.83 bits per heavy atom. The number of benzene rings is 2. The molecule has 3 aromatic heterocycles. The number of alkyl halides is 1. The number of rotatable bonds is 10. The third kappa shape index (κ3) is 19.2. The number of aliphatic imine (C=N–C) groups is 1. The zero-order valence-electron chi connectivity index (χ0n) is 30.9. The number of thiophene rings is 2. The number of esters is 2. The molecule has 13 nitrogen and oxygen atoms in total. The van der Waals surface area contributed by atoms with Gasteiger partial charge in [0.2, 0.25) is 5.78 Å². The Labute approximate surface area is 409 Å². The van der Waals surface area contributed by atoms with Crippen LogP contribution in [0.25, 0.3) is 16.4 Å². The zero-order valence-corrected chi connectivity index (χ0v) is 42.3. The van der Waals surface area contributed by atoms with Crippen molar-refractivity contribution in [2.75, 3.05) is 25.2 Å². The van der Waals surface area contributed by atoms with E-state index in [1.54, 1.807) is 67.9 Å². The van der Waals surface area contributed by atoms with Gasteiger partial charge in [-0.3, -0.25) is 14.2 Å². The Hall–Kier alpha value is -1.88. The molecule has 3 N–H and O–H groups in total. The van der Waals surface area contributed by atoms with Crippen molar-refractivity contribution in [3.8, 4) is 16.4 Å². The number of amidine groups is 1.